The molecule has 0 aromatic rings. The number of aliphatic hydroxyl groups is 1. The Labute approximate surface area is 93.0 Å². The van der Waals surface area contributed by atoms with E-state index in [0.29, 0.717) is 11.8 Å². The average Bonchev–Trinajstić information content (AvgIpc) is 3.04. The van der Waals surface area contributed by atoms with Gasteiger partial charge in [0, 0.05) is 7.11 Å². The highest BCUT2D eigenvalue weighted by Gasteiger charge is 2.39. The third-order valence-corrected chi connectivity index (χ3v) is 4.24. The Morgan fingerprint density at radius 1 is 1.00 bits per heavy atom. The van der Waals surface area contributed by atoms with E-state index in [0.717, 1.165) is 5.92 Å². The molecule has 0 radical (unpaired) electrons. The molecule has 1 N–H and O–H groups in total. The van der Waals surface area contributed by atoms with Crippen molar-refractivity contribution in [2.45, 2.75) is 57.7 Å². The molecule has 2 aliphatic rings. The summed E-state index contributed by atoms with van der Waals surface area (Å²) in [7, 11) is 1.75. The predicted molar refractivity (Wildman–Crippen MR) is 60.6 cm³/mol. The third kappa shape index (κ3) is 2.73. The van der Waals surface area contributed by atoms with Crippen molar-refractivity contribution in [1.29, 1.82) is 0 Å². The molecule has 0 amide bonds. The maximum Gasteiger partial charge on any atom is 0.0860 e. The van der Waals surface area contributed by atoms with E-state index in [1.807, 2.05) is 0 Å². The Hall–Kier alpha value is -0.0800. The molecule has 0 aromatic carbocycles. The minimum Gasteiger partial charge on any atom is -0.390 e. The van der Waals surface area contributed by atoms with E-state index in [-0.39, 0.29) is 12.2 Å². The van der Waals surface area contributed by atoms with Gasteiger partial charge in [0.15, 0.2) is 0 Å². The second-order valence-electron chi connectivity index (χ2n) is 5.55. The van der Waals surface area contributed by atoms with Crippen LogP contribution in [-0.2, 0) is 4.74 Å². The summed E-state index contributed by atoms with van der Waals surface area (Å²) in [6.07, 6.45) is 7.34. The van der Waals surface area contributed by atoms with Gasteiger partial charge in [0.25, 0.3) is 0 Å². The van der Waals surface area contributed by atoms with Crippen LogP contribution in [0, 0.1) is 17.8 Å². The number of ether oxygens (including phenoxy) is 1. The van der Waals surface area contributed by atoms with Crippen LogP contribution in [0.1, 0.15) is 45.4 Å². The lowest BCUT2D eigenvalue weighted by molar-refractivity contribution is -0.0618. The molecule has 0 aromatic heterocycles. The third-order valence-electron chi connectivity index (χ3n) is 4.24. The van der Waals surface area contributed by atoms with Crippen LogP contribution in [0.2, 0.25) is 0 Å². The fourth-order valence-corrected chi connectivity index (χ4v) is 2.93. The molecule has 0 aliphatic heterocycles. The van der Waals surface area contributed by atoms with E-state index in [1.165, 1.54) is 38.5 Å². The highest BCUT2D eigenvalue weighted by Crippen LogP contribution is 2.40. The van der Waals surface area contributed by atoms with E-state index in [9.17, 15) is 5.11 Å². The topological polar surface area (TPSA) is 29.5 Å². The molecule has 15 heavy (non-hydrogen) atoms. The fourth-order valence-electron chi connectivity index (χ4n) is 2.93. The van der Waals surface area contributed by atoms with Crippen LogP contribution in [0.5, 0.6) is 0 Å². The van der Waals surface area contributed by atoms with Gasteiger partial charge in [0.1, 0.15) is 0 Å². The van der Waals surface area contributed by atoms with Crippen molar-refractivity contribution in [3.05, 3.63) is 0 Å². The van der Waals surface area contributed by atoms with Crippen LogP contribution < -0.4 is 0 Å². The van der Waals surface area contributed by atoms with Gasteiger partial charge in [-0.25, -0.2) is 0 Å². The molecule has 0 spiro atoms. The summed E-state index contributed by atoms with van der Waals surface area (Å²) < 4.78 is 5.47. The second kappa shape index (κ2) is 4.84. The zero-order valence-corrected chi connectivity index (χ0v) is 9.98. The number of hydrogen-bond acceptors (Lipinski definition) is 2. The first-order valence-electron chi connectivity index (χ1n) is 6.43. The van der Waals surface area contributed by atoms with Crippen LogP contribution in [0.15, 0.2) is 0 Å². The van der Waals surface area contributed by atoms with Gasteiger partial charge in [0.2, 0.25) is 0 Å². The molecule has 2 rings (SSSR count). The van der Waals surface area contributed by atoms with Gasteiger partial charge in [-0.15, -0.1) is 0 Å². The monoisotopic (exact) mass is 212 g/mol. The maximum absolute atomic E-state index is 10.3. The van der Waals surface area contributed by atoms with Crippen molar-refractivity contribution >= 4 is 0 Å². The van der Waals surface area contributed by atoms with E-state index in [1.54, 1.807) is 7.11 Å². The lowest BCUT2D eigenvalue weighted by atomic mass is 9.78. The highest BCUT2D eigenvalue weighted by atomic mass is 16.5. The van der Waals surface area contributed by atoms with Gasteiger partial charge in [-0.1, -0.05) is 19.8 Å². The van der Waals surface area contributed by atoms with Crippen molar-refractivity contribution in [1.82, 2.24) is 0 Å². The average molecular weight is 212 g/mol. The molecule has 0 heterocycles. The smallest absolute Gasteiger partial charge is 0.0860 e. The normalized spacial score (nSPS) is 36.2. The SMILES string of the molecule is COC(C1CC1)C(O)C1CCC(C)CC1. The van der Waals surface area contributed by atoms with Crippen molar-refractivity contribution in [2.75, 3.05) is 7.11 Å². The Morgan fingerprint density at radius 3 is 2.00 bits per heavy atom. The molecular formula is C13H24O2. The van der Waals surface area contributed by atoms with Crippen molar-refractivity contribution in [2.24, 2.45) is 17.8 Å². The second-order valence-corrected chi connectivity index (χ2v) is 5.55. The van der Waals surface area contributed by atoms with Gasteiger partial charge < -0.3 is 9.84 Å². The number of aliphatic hydroxyl groups excluding tert-OH is 1. The molecule has 2 atom stereocenters. The summed E-state index contributed by atoms with van der Waals surface area (Å²) >= 11 is 0. The highest BCUT2D eigenvalue weighted by molar-refractivity contribution is 4.90. The zero-order chi connectivity index (χ0) is 10.8. The maximum atomic E-state index is 10.3. The van der Waals surface area contributed by atoms with Crippen LogP contribution in [-0.4, -0.2) is 24.4 Å². The Morgan fingerprint density at radius 2 is 1.53 bits per heavy atom. The van der Waals surface area contributed by atoms with Crippen LogP contribution in [0.25, 0.3) is 0 Å². The minimum absolute atomic E-state index is 0.114. The summed E-state index contributed by atoms with van der Waals surface area (Å²) in [6, 6.07) is 0. The summed E-state index contributed by atoms with van der Waals surface area (Å²) in [5.41, 5.74) is 0. The number of hydrogen-bond donors (Lipinski definition) is 1. The van der Waals surface area contributed by atoms with Crippen molar-refractivity contribution < 1.29 is 9.84 Å². The molecule has 2 saturated carbocycles. The van der Waals surface area contributed by atoms with E-state index >= 15 is 0 Å². The van der Waals surface area contributed by atoms with Gasteiger partial charge >= 0.3 is 0 Å². The Bertz CT molecular complexity index is 193. The molecule has 88 valence electrons. The molecule has 2 fully saturated rings. The van der Waals surface area contributed by atoms with Crippen LogP contribution in [0.3, 0.4) is 0 Å². The summed E-state index contributed by atoms with van der Waals surface area (Å²) in [5.74, 6) is 1.99. The summed E-state index contributed by atoms with van der Waals surface area (Å²) in [5, 5.41) is 10.3. The lowest BCUT2D eigenvalue weighted by Gasteiger charge is -2.33. The summed E-state index contributed by atoms with van der Waals surface area (Å²) in [6.45, 7) is 2.32. The largest absolute Gasteiger partial charge is 0.390 e. The molecule has 2 aliphatic carbocycles. The molecule has 0 saturated heterocycles. The van der Waals surface area contributed by atoms with Crippen molar-refractivity contribution in [3.63, 3.8) is 0 Å². The predicted octanol–water partition coefficient (Wildman–Crippen LogP) is 2.60. The molecular weight excluding hydrogens is 188 g/mol. The minimum atomic E-state index is -0.213. The van der Waals surface area contributed by atoms with Gasteiger partial charge in [-0.2, -0.15) is 0 Å². The Kier molecular flexibility index (Phi) is 3.68. The lowest BCUT2D eigenvalue weighted by Crippen LogP contribution is -2.38. The molecule has 2 nitrogen and oxygen atoms in total. The fraction of sp³-hybridized carbons (Fsp3) is 1.00. The molecule has 2 unspecified atom stereocenters. The Balaban J connectivity index is 1.85. The van der Waals surface area contributed by atoms with Gasteiger partial charge in [-0.05, 0) is 43.4 Å². The standard InChI is InChI=1S/C13H24O2/c1-9-3-5-10(6-4-9)12(14)13(15-2)11-7-8-11/h9-14H,3-8H2,1-2H3. The summed E-state index contributed by atoms with van der Waals surface area (Å²) in [4.78, 5) is 0. The first kappa shape index (κ1) is 11.4. The van der Waals surface area contributed by atoms with Gasteiger partial charge in [0.05, 0.1) is 12.2 Å². The van der Waals surface area contributed by atoms with Crippen molar-refractivity contribution in [3.8, 4) is 0 Å². The number of rotatable bonds is 4. The van der Waals surface area contributed by atoms with E-state index < -0.39 is 0 Å². The first-order chi connectivity index (χ1) is 7.22. The quantitative estimate of drug-likeness (QED) is 0.776. The van der Waals surface area contributed by atoms with E-state index in [2.05, 4.69) is 6.92 Å². The number of methoxy groups -OCH3 is 1. The zero-order valence-electron chi connectivity index (χ0n) is 9.98. The van der Waals surface area contributed by atoms with Gasteiger partial charge in [-0.3, -0.25) is 0 Å². The van der Waals surface area contributed by atoms with Crippen LogP contribution in [0.4, 0.5) is 0 Å². The van der Waals surface area contributed by atoms with E-state index in [4.69, 9.17) is 4.74 Å². The molecule has 0 bridgehead atoms. The molecule has 2 heteroatoms. The first-order valence-corrected chi connectivity index (χ1v) is 6.43. The van der Waals surface area contributed by atoms with Crippen LogP contribution >= 0.6 is 0 Å².